The first-order valence-electron chi connectivity index (χ1n) is 10.6. The second kappa shape index (κ2) is 10.2. The molecule has 0 aromatic heterocycles. The van der Waals surface area contributed by atoms with Crippen LogP contribution in [0.3, 0.4) is 0 Å². The van der Waals surface area contributed by atoms with Crippen LogP contribution in [0.15, 0.2) is 60.7 Å². The summed E-state index contributed by atoms with van der Waals surface area (Å²) in [5.74, 6) is -0.237. The van der Waals surface area contributed by atoms with E-state index in [0.29, 0.717) is 32.8 Å². The van der Waals surface area contributed by atoms with Crippen LogP contribution < -0.4 is 5.32 Å². The Bertz CT molecular complexity index is 800. The number of benzene rings is 2. The van der Waals surface area contributed by atoms with E-state index in [1.165, 1.54) is 0 Å². The van der Waals surface area contributed by atoms with E-state index in [2.05, 4.69) is 5.32 Å². The summed E-state index contributed by atoms with van der Waals surface area (Å²) in [4.78, 5) is 12.3. The number of carbonyl (C=O) groups excluding carboxylic acids is 1. The van der Waals surface area contributed by atoms with Gasteiger partial charge in [-0.05, 0) is 18.1 Å². The van der Waals surface area contributed by atoms with Crippen LogP contribution in [-0.2, 0) is 37.0 Å². The van der Waals surface area contributed by atoms with Gasteiger partial charge in [0.1, 0.15) is 18.2 Å². The van der Waals surface area contributed by atoms with Crippen LogP contribution in [0, 0.1) is 0 Å². The number of esters is 1. The molecule has 6 nitrogen and oxygen atoms in total. The SMILES string of the molecule is CCOC(=O)[C@@H]1C[C@H]2OC[C@@H](OCc3ccccc3)[C@@H](OCc3ccccc3)[C@H]2N1. The number of rotatable bonds is 8. The van der Waals surface area contributed by atoms with Gasteiger partial charge in [0.2, 0.25) is 0 Å². The van der Waals surface area contributed by atoms with Crippen molar-refractivity contribution in [3.8, 4) is 0 Å². The van der Waals surface area contributed by atoms with Crippen molar-refractivity contribution < 1.29 is 23.7 Å². The Morgan fingerprint density at radius 3 is 2.27 bits per heavy atom. The standard InChI is InChI=1S/C24H29NO5/c1-2-27-24(26)19-13-20-22(25-19)23(30-15-18-11-7-4-8-12-18)21(16-29-20)28-14-17-9-5-3-6-10-17/h3-12,19-23,25H,2,13-16H2,1H3/t19-,20+,21+,22-,23+/m0/s1. The molecule has 2 aromatic rings. The van der Waals surface area contributed by atoms with Crippen LogP contribution in [0.1, 0.15) is 24.5 Å². The second-order valence-corrected chi connectivity index (χ2v) is 7.70. The molecule has 4 rings (SSSR count). The minimum Gasteiger partial charge on any atom is -0.465 e. The summed E-state index contributed by atoms with van der Waals surface area (Å²) in [6, 6.07) is 19.6. The highest BCUT2D eigenvalue weighted by Crippen LogP contribution is 2.30. The van der Waals surface area contributed by atoms with Crippen LogP contribution in [0.4, 0.5) is 0 Å². The molecule has 2 aromatic carbocycles. The molecule has 0 spiro atoms. The average Bonchev–Trinajstić information content (AvgIpc) is 3.23. The molecule has 2 saturated heterocycles. The predicted molar refractivity (Wildman–Crippen MR) is 112 cm³/mol. The van der Waals surface area contributed by atoms with Crippen molar-refractivity contribution >= 4 is 5.97 Å². The third kappa shape index (κ3) is 5.08. The van der Waals surface area contributed by atoms with E-state index in [-0.39, 0.29) is 36.4 Å². The summed E-state index contributed by atoms with van der Waals surface area (Å²) in [5.41, 5.74) is 2.20. The molecular formula is C24H29NO5. The Kier molecular flexibility index (Phi) is 7.12. The van der Waals surface area contributed by atoms with Crippen LogP contribution >= 0.6 is 0 Å². The van der Waals surface area contributed by atoms with Crippen LogP contribution in [0.2, 0.25) is 0 Å². The first-order valence-corrected chi connectivity index (χ1v) is 10.6. The minimum atomic E-state index is -0.379. The van der Waals surface area contributed by atoms with E-state index in [4.69, 9.17) is 18.9 Å². The van der Waals surface area contributed by atoms with E-state index >= 15 is 0 Å². The minimum absolute atomic E-state index is 0.100. The average molecular weight is 411 g/mol. The molecule has 6 heteroatoms. The molecule has 0 bridgehead atoms. The van der Waals surface area contributed by atoms with Gasteiger partial charge in [-0.15, -0.1) is 0 Å². The number of hydrogen-bond donors (Lipinski definition) is 1. The molecule has 2 fully saturated rings. The van der Waals surface area contributed by atoms with Gasteiger partial charge in [0.25, 0.3) is 0 Å². The fourth-order valence-electron chi connectivity index (χ4n) is 4.11. The molecule has 0 amide bonds. The maximum atomic E-state index is 12.3. The molecular weight excluding hydrogens is 382 g/mol. The van der Waals surface area contributed by atoms with Gasteiger partial charge in [-0.1, -0.05) is 60.7 Å². The summed E-state index contributed by atoms with van der Waals surface area (Å²) >= 11 is 0. The zero-order valence-electron chi connectivity index (χ0n) is 17.2. The Morgan fingerprint density at radius 2 is 1.63 bits per heavy atom. The van der Waals surface area contributed by atoms with E-state index in [9.17, 15) is 4.79 Å². The lowest BCUT2D eigenvalue weighted by atomic mass is 9.97. The highest BCUT2D eigenvalue weighted by molar-refractivity contribution is 5.76. The molecule has 5 atom stereocenters. The molecule has 160 valence electrons. The van der Waals surface area contributed by atoms with E-state index in [1.807, 2.05) is 67.6 Å². The lowest BCUT2D eigenvalue weighted by Crippen LogP contribution is -2.57. The summed E-state index contributed by atoms with van der Waals surface area (Å²) in [5, 5.41) is 3.39. The molecule has 2 aliphatic heterocycles. The predicted octanol–water partition coefficient (Wildman–Crippen LogP) is 2.85. The zero-order valence-corrected chi connectivity index (χ0v) is 17.2. The number of nitrogens with one attached hydrogen (secondary N) is 1. The highest BCUT2D eigenvalue weighted by atomic mass is 16.6. The maximum absolute atomic E-state index is 12.3. The summed E-state index contributed by atoms with van der Waals surface area (Å²) < 4.78 is 23.8. The lowest BCUT2D eigenvalue weighted by molar-refractivity contribution is -0.177. The van der Waals surface area contributed by atoms with Gasteiger partial charge in [-0.25, -0.2) is 0 Å². The summed E-state index contributed by atoms with van der Waals surface area (Å²) in [7, 11) is 0. The third-order valence-electron chi connectivity index (χ3n) is 5.62. The van der Waals surface area contributed by atoms with Crippen molar-refractivity contribution in [3.63, 3.8) is 0 Å². The molecule has 0 radical (unpaired) electrons. The van der Waals surface area contributed by atoms with Crippen molar-refractivity contribution in [2.75, 3.05) is 13.2 Å². The molecule has 0 saturated carbocycles. The molecule has 2 heterocycles. The zero-order chi connectivity index (χ0) is 20.8. The first-order chi connectivity index (χ1) is 14.7. The van der Waals surface area contributed by atoms with Crippen LogP contribution in [0.25, 0.3) is 0 Å². The molecule has 2 aliphatic rings. The van der Waals surface area contributed by atoms with Crippen molar-refractivity contribution in [3.05, 3.63) is 71.8 Å². The quantitative estimate of drug-likeness (QED) is 0.674. The van der Waals surface area contributed by atoms with Crippen molar-refractivity contribution in [2.24, 2.45) is 0 Å². The number of hydrogen-bond acceptors (Lipinski definition) is 6. The highest BCUT2D eigenvalue weighted by Gasteiger charge is 2.49. The van der Waals surface area contributed by atoms with Crippen LogP contribution in [0.5, 0.6) is 0 Å². The monoisotopic (exact) mass is 411 g/mol. The smallest absolute Gasteiger partial charge is 0.323 e. The molecule has 0 unspecified atom stereocenters. The Balaban J connectivity index is 1.45. The van der Waals surface area contributed by atoms with Gasteiger partial charge in [0.05, 0.1) is 38.6 Å². The van der Waals surface area contributed by atoms with Crippen LogP contribution in [-0.4, -0.2) is 49.6 Å². The van der Waals surface area contributed by atoms with Gasteiger partial charge < -0.3 is 18.9 Å². The van der Waals surface area contributed by atoms with Gasteiger partial charge in [0.15, 0.2) is 0 Å². The third-order valence-corrected chi connectivity index (χ3v) is 5.62. The molecule has 0 aliphatic carbocycles. The Morgan fingerprint density at radius 1 is 1.00 bits per heavy atom. The largest absolute Gasteiger partial charge is 0.465 e. The van der Waals surface area contributed by atoms with Crippen molar-refractivity contribution in [1.82, 2.24) is 5.32 Å². The van der Waals surface area contributed by atoms with Gasteiger partial charge in [-0.3, -0.25) is 10.1 Å². The normalized spacial score (nSPS) is 28.1. The van der Waals surface area contributed by atoms with Gasteiger partial charge in [0, 0.05) is 6.42 Å². The molecule has 30 heavy (non-hydrogen) atoms. The summed E-state index contributed by atoms with van der Waals surface area (Å²) in [6.45, 7) is 3.58. The fraction of sp³-hybridized carbons (Fsp3) is 0.458. The Hall–Kier alpha value is -2.25. The maximum Gasteiger partial charge on any atom is 0.323 e. The topological polar surface area (TPSA) is 66.0 Å². The number of fused-ring (bicyclic) bond motifs is 1. The molecule has 1 N–H and O–H groups in total. The van der Waals surface area contributed by atoms with Gasteiger partial charge >= 0.3 is 5.97 Å². The van der Waals surface area contributed by atoms with E-state index in [1.54, 1.807) is 0 Å². The first kappa shape index (κ1) is 21.0. The fourth-order valence-corrected chi connectivity index (χ4v) is 4.11. The van der Waals surface area contributed by atoms with Crippen molar-refractivity contribution in [2.45, 2.75) is 57.0 Å². The number of carbonyl (C=O) groups is 1. The second-order valence-electron chi connectivity index (χ2n) is 7.70. The lowest BCUT2D eigenvalue weighted by Gasteiger charge is -2.39. The number of ether oxygens (including phenoxy) is 4. The van der Waals surface area contributed by atoms with Crippen molar-refractivity contribution in [1.29, 1.82) is 0 Å². The van der Waals surface area contributed by atoms with E-state index < -0.39 is 0 Å². The van der Waals surface area contributed by atoms with Gasteiger partial charge in [-0.2, -0.15) is 0 Å². The Labute approximate surface area is 177 Å². The summed E-state index contributed by atoms with van der Waals surface area (Å²) in [6.07, 6.45) is 0.0209. The van der Waals surface area contributed by atoms with E-state index in [0.717, 1.165) is 11.1 Å².